The number of hydrogen-bond acceptors (Lipinski definition) is 5. The lowest BCUT2D eigenvalue weighted by atomic mass is 9.81. The summed E-state index contributed by atoms with van der Waals surface area (Å²) < 4.78 is 0. The zero-order valence-electron chi connectivity index (χ0n) is 33.4. The van der Waals surface area contributed by atoms with E-state index in [1.807, 2.05) is 0 Å². The summed E-state index contributed by atoms with van der Waals surface area (Å²) in [6.45, 7) is 5.97. The number of rotatable bonds is 31. The third-order valence-electron chi connectivity index (χ3n) is 10.5. The van der Waals surface area contributed by atoms with Crippen molar-refractivity contribution in [3.8, 4) is 11.5 Å². The molecular weight excluding hydrogens is 645 g/mol. The van der Waals surface area contributed by atoms with Crippen LogP contribution in [0.1, 0.15) is 205 Å². The van der Waals surface area contributed by atoms with Crippen LogP contribution in [0.3, 0.4) is 0 Å². The number of aryl methyl sites for hydroxylation is 1. The Kier molecular flexibility index (Phi) is 24.6. The molecule has 1 aromatic carbocycles. The number of carbonyl (C=O) groups excluding carboxylic acids is 2. The Labute approximate surface area is 317 Å². The van der Waals surface area contributed by atoms with Crippen molar-refractivity contribution in [1.82, 2.24) is 0 Å². The summed E-state index contributed by atoms with van der Waals surface area (Å²) in [6, 6.07) is 2.88. The van der Waals surface area contributed by atoms with Crippen LogP contribution >= 0.6 is 0 Å². The van der Waals surface area contributed by atoms with Gasteiger partial charge in [-0.25, -0.2) is 0 Å². The minimum atomic E-state index is -0.680. The number of aliphatic hydroxyl groups excluding tert-OH is 1. The molecule has 1 aromatic rings. The molecule has 0 aromatic heterocycles. The zero-order chi connectivity index (χ0) is 37.8. The predicted molar refractivity (Wildman–Crippen MR) is 220 cm³/mol. The quantitative estimate of drug-likeness (QED) is 0.0307. The molecule has 0 fully saturated rings. The Bertz CT molecular complexity index is 1300. The summed E-state index contributed by atoms with van der Waals surface area (Å²) in [5, 5.41) is 32.7. The number of benzene rings is 1. The number of ketones is 2. The molecule has 0 radical (unpaired) electrons. The average Bonchev–Trinajstić information content (AvgIpc) is 3.13. The van der Waals surface area contributed by atoms with Crippen LogP contribution in [0.2, 0.25) is 0 Å². The maximum Gasteiger partial charge on any atom is 0.232 e. The predicted octanol–water partition coefficient (Wildman–Crippen LogP) is 14.1. The van der Waals surface area contributed by atoms with Gasteiger partial charge in [-0.3, -0.25) is 9.59 Å². The molecule has 5 heteroatoms. The van der Waals surface area contributed by atoms with Crippen LogP contribution in [-0.2, 0) is 16.0 Å². The Morgan fingerprint density at radius 3 is 1.37 bits per heavy atom. The molecule has 2 rings (SSSR count). The summed E-state index contributed by atoms with van der Waals surface area (Å²) in [7, 11) is 0. The number of aromatic hydroxyl groups is 2. The normalized spacial score (nSPS) is 13.9. The van der Waals surface area contributed by atoms with Crippen molar-refractivity contribution in [1.29, 1.82) is 0 Å². The van der Waals surface area contributed by atoms with Gasteiger partial charge in [-0.1, -0.05) is 141 Å². The van der Waals surface area contributed by atoms with Gasteiger partial charge < -0.3 is 15.3 Å². The Hall–Kier alpha value is -3.08. The van der Waals surface area contributed by atoms with Gasteiger partial charge in [-0.15, -0.1) is 0 Å². The number of Topliss-reactive ketones (excluding diaryl/α,β-unsaturated/α-hetero) is 2. The Balaban J connectivity index is 1.87. The van der Waals surface area contributed by atoms with E-state index in [2.05, 4.69) is 38.2 Å². The number of unbranched alkanes of at least 4 members (excludes halogenated alkanes) is 22. The van der Waals surface area contributed by atoms with Crippen molar-refractivity contribution < 1.29 is 24.9 Å². The number of carbonyl (C=O) groups is 2. The fraction of sp³-hybridized carbons (Fsp3) is 0.660. The lowest BCUT2D eigenvalue weighted by molar-refractivity contribution is -0.132. The van der Waals surface area contributed by atoms with Crippen LogP contribution in [0, 0.1) is 0 Å². The maximum absolute atomic E-state index is 13.3. The second kappa shape index (κ2) is 28.4. The smallest absolute Gasteiger partial charge is 0.232 e. The summed E-state index contributed by atoms with van der Waals surface area (Å²) in [6.07, 6.45) is 41.0. The molecule has 0 spiro atoms. The van der Waals surface area contributed by atoms with Gasteiger partial charge in [0.05, 0.1) is 0 Å². The second-order valence-corrected chi connectivity index (χ2v) is 15.2. The van der Waals surface area contributed by atoms with E-state index in [1.54, 1.807) is 6.07 Å². The fourth-order valence-electron chi connectivity index (χ4n) is 7.28. The van der Waals surface area contributed by atoms with Crippen LogP contribution in [0.4, 0.5) is 0 Å². The summed E-state index contributed by atoms with van der Waals surface area (Å²) in [5.41, 5.74) is 1.60. The highest BCUT2D eigenvalue weighted by atomic mass is 16.3. The van der Waals surface area contributed by atoms with Crippen LogP contribution in [0.5, 0.6) is 11.5 Å². The molecule has 0 atom stereocenters. The summed E-state index contributed by atoms with van der Waals surface area (Å²) in [4.78, 5) is 26.2. The minimum Gasteiger partial charge on any atom is -0.508 e. The van der Waals surface area contributed by atoms with Crippen molar-refractivity contribution >= 4 is 17.1 Å². The van der Waals surface area contributed by atoms with Crippen molar-refractivity contribution in [3.63, 3.8) is 0 Å². The SMILES string of the molecule is CCCCCCCC/C=C\CCCCCCCC1=C(c2c(O)cc(O)cc2CCCCCCC/C=C\CCCCCCCC)C(O)=C(C)C(=O)C1=O. The molecule has 5 nitrogen and oxygen atoms in total. The molecule has 1 aliphatic carbocycles. The van der Waals surface area contributed by atoms with E-state index in [9.17, 15) is 24.9 Å². The molecular formula is C47H74O5. The lowest BCUT2D eigenvalue weighted by Gasteiger charge is -2.23. The number of phenols is 2. The van der Waals surface area contributed by atoms with Crippen molar-refractivity contribution in [2.24, 2.45) is 0 Å². The molecule has 0 unspecified atom stereocenters. The topological polar surface area (TPSA) is 94.8 Å². The van der Waals surface area contributed by atoms with Crippen LogP contribution in [0.15, 0.2) is 53.3 Å². The average molecular weight is 719 g/mol. The van der Waals surface area contributed by atoms with Gasteiger partial charge in [-0.05, 0) is 95.6 Å². The molecule has 0 saturated heterocycles. The molecule has 0 amide bonds. The molecule has 52 heavy (non-hydrogen) atoms. The van der Waals surface area contributed by atoms with E-state index in [0.29, 0.717) is 24.0 Å². The standard InChI is InChI=1S/C47H74O5/c1-4-6-8-10-12-14-16-18-20-22-24-26-28-30-32-34-39-36-40(48)37-42(49)43(39)44-41(47(52)46(51)38(3)45(44)50)35-33-31-29-27-25-23-21-19-17-15-13-11-9-7-5-2/h18-21,36-37,48-50H,4-17,22-35H2,1-3H3/b20-18-,21-19-. The first-order chi connectivity index (χ1) is 25.3. The van der Waals surface area contributed by atoms with E-state index in [4.69, 9.17) is 0 Å². The fourth-order valence-corrected chi connectivity index (χ4v) is 7.28. The van der Waals surface area contributed by atoms with E-state index in [0.717, 1.165) is 70.6 Å². The largest absolute Gasteiger partial charge is 0.508 e. The highest BCUT2D eigenvalue weighted by Gasteiger charge is 2.35. The summed E-state index contributed by atoms with van der Waals surface area (Å²) in [5.74, 6) is -1.75. The number of allylic oxidation sites excluding steroid dienone is 7. The third-order valence-corrected chi connectivity index (χ3v) is 10.5. The van der Waals surface area contributed by atoms with E-state index in [-0.39, 0.29) is 34.0 Å². The zero-order valence-corrected chi connectivity index (χ0v) is 33.4. The van der Waals surface area contributed by atoms with E-state index >= 15 is 0 Å². The molecule has 0 bridgehead atoms. The van der Waals surface area contributed by atoms with Gasteiger partial charge in [-0.2, -0.15) is 0 Å². The van der Waals surface area contributed by atoms with Crippen molar-refractivity contribution in [2.75, 3.05) is 0 Å². The lowest BCUT2D eigenvalue weighted by Crippen LogP contribution is -2.25. The number of hydrogen-bond donors (Lipinski definition) is 3. The van der Waals surface area contributed by atoms with Gasteiger partial charge in [0.2, 0.25) is 11.6 Å². The molecule has 0 saturated carbocycles. The van der Waals surface area contributed by atoms with Crippen LogP contribution in [-0.4, -0.2) is 26.9 Å². The highest BCUT2D eigenvalue weighted by molar-refractivity contribution is 6.52. The van der Waals surface area contributed by atoms with Crippen LogP contribution < -0.4 is 0 Å². The van der Waals surface area contributed by atoms with Crippen LogP contribution in [0.25, 0.3) is 5.57 Å². The van der Waals surface area contributed by atoms with Crippen molar-refractivity contribution in [2.45, 2.75) is 201 Å². The molecule has 3 N–H and O–H groups in total. The van der Waals surface area contributed by atoms with E-state index in [1.165, 1.54) is 109 Å². The Morgan fingerprint density at radius 2 is 0.904 bits per heavy atom. The van der Waals surface area contributed by atoms with Gasteiger partial charge in [0.15, 0.2) is 0 Å². The van der Waals surface area contributed by atoms with Gasteiger partial charge in [0.25, 0.3) is 0 Å². The van der Waals surface area contributed by atoms with Crippen molar-refractivity contribution in [3.05, 3.63) is 64.5 Å². The highest BCUT2D eigenvalue weighted by Crippen LogP contribution is 2.42. The molecule has 0 heterocycles. The number of aliphatic hydroxyl groups is 1. The molecule has 1 aliphatic rings. The second-order valence-electron chi connectivity index (χ2n) is 15.2. The maximum atomic E-state index is 13.3. The first-order valence-electron chi connectivity index (χ1n) is 21.4. The van der Waals surface area contributed by atoms with Gasteiger partial charge in [0, 0.05) is 28.3 Å². The van der Waals surface area contributed by atoms with Gasteiger partial charge >= 0.3 is 0 Å². The third kappa shape index (κ3) is 17.6. The minimum absolute atomic E-state index is 0.00717. The monoisotopic (exact) mass is 719 g/mol. The molecule has 292 valence electrons. The Morgan fingerprint density at radius 1 is 0.500 bits per heavy atom. The van der Waals surface area contributed by atoms with Gasteiger partial charge in [0.1, 0.15) is 17.3 Å². The molecule has 0 aliphatic heterocycles. The summed E-state index contributed by atoms with van der Waals surface area (Å²) >= 11 is 0. The first kappa shape index (κ1) is 45.1. The van der Waals surface area contributed by atoms with E-state index < -0.39 is 11.6 Å². The first-order valence-corrected chi connectivity index (χ1v) is 21.4. The number of phenolic OH excluding ortho intramolecular Hbond substituents is 2.